The molecule has 0 bridgehead atoms. The van der Waals surface area contributed by atoms with E-state index < -0.39 is 0 Å². The van der Waals surface area contributed by atoms with Gasteiger partial charge < -0.3 is 5.73 Å². The molecule has 0 saturated heterocycles. The minimum Gasteiger partial charge on any atom is -0.388 e. The van der Waals surface area contributed by atoms with Crippen molar-refractivity contribution in [2.45, 2.75) is 6.92 Å². The molecule has 10 heavy (non-hydrogen) atoms. The summed E-state index contributed by atoms with van der Waals surface area (Å²) in [5.41, 5.74) is 4.69. The summed E-state index contributed by atoms with van der Waals surface area (Å²) in [5, 5.41) is 12.5. The predicted octanol–water partition coefficient (Wildman–Crippen LogP) is 0.774. The molecule has 0 unspecified atom stereocenters. The lowest BCUT2D eigenvalue weighted by molar-refractivity contribution is 1.09. The normalized spacial score (nSPS) is 6.50. The minimum absolute atomic E-state index is 0. The van der Waals surface area contributed by atoms with Crippen LogP contribution in [0.1, 0.15) is 6.92 Å². The van der Waals surface area contributed by atoms with E-state index in [2.05, 4.69) is 10.2 Å². The summed E-state index contributed by atoms with van der Waals surface area (Å²) in [4.78, 5) is 0. The Balaban J connectivity index is 0. The molecule has 4 nitrogen and oxygen atoms in total. The van der Waals surface area contributed by atoms with Crippen molar-refractivity contribution in [2.75, 3.05) is 0 Å². The highest BCUT2D eigenvalue weighted by atomic mass is 35.5. The zero-order valence-electron chi connectivity index (χ0n) is 5.66. The zero-order chi connectivity index (χ0) is 7.11. The van der Waals surface area contributed by atoms with Gasteiger partial charge >= 0.3 is 0 Å². The van der Waals surface area contributed by atoms with Crippen LogP contribution in [0.2, 0.25) is 0 Å². The Morgan fingerprint density at radius 3 is 2.30 bits per heavy atom. The monoisotopic (exact) mass is 162 g/mol. The van der Waals surface area contributed by atoms with Gasteiger partial charge in [-0.05, 0) is 13.0 Å². The lowest BCUT2D eigenvalue weighted by atomic mass is 10.8. The molecule has 1 rings (SSSR count). The lowest BCUT2D eigenvalue weighted by Gasteiger charge is -1.66. The van der Waals surface area contributed by atoms with Gasteiger partial charge in [-0.2, -0.15) is 5.10 Å². The van der Waals surface area contributed by atoms with E-state index in [1.807, 2.05) is 6.07 Å². The molecule has 58 valence electrons. The number of aromatic nitrogens is 2. The second kappa shape index (κ2) is 7.97. The molecular formula is C5H11ClN4. The van der Waals surface area contributed by atoms with Crippen LogP contribution >= 0.6 is 12.4 Å². The molecule has 0 aliphatic carbocycles. The highest BCUT2D eigenvalue weighted by molar-refractivity contribution is 5.85. The van der Waals surface area contributed by atoms with Crippen LogP contribution < -0.4 is 5.73 Å². The molecule has 0 radical (unpaired) electrons. The van der Waals surface area contributed by atoms with Gasteiger partial charge in [0.1, 0.15) is 0 Å². The van der Waals surface area contributed by atoms with Crippen molar-refractivity contribution in [2.24, 2.45) is 5.73 Å². The van der Waals surface area contributed by atoms with Gasteiger partial charge in [-0.1, -0.05) is 0 Å². The van der Waals surface area contributed by atoms with Crippen LogP contribution in [0, 0.1) is 5.41 Å². The third-order valence-corrected chi connectivity index (χ3v) is 0.406. The molecule has 0 saturated carbocycles. The maximum Gasteiger partial charge on any atom is 0.0873 e. The molecule has 0 aliphatic heterocycles. The van der Waals surface area contributed by atoms with Crippen molar-refractivity contribution in [3.05, 3.63) is 18.5 Å². The number of H-pyrrole nitrogens is 1. The highest BCUT2D eigenvalue weighted by Gasteiger charge is 1.56. The van der Waals surface area contributed by atoms with Crippen LogP contribution in [0.3, 0.4) is 0 Å². The first-order valence-electron chi connectivity index (χ1n) is 2.48. The fraction of sp³-hybridized carbons (Fsp3) is 0.200. The average molecular weight is 163 g/mol. The average Bonchev–Trinajstić information content (AvgIpc) is 2.11. The first-order chi connectivity index (χ1) is 4.23. The molecule has 0 spiro atoms. The van der Waals surface area contributed by atoms with E-state index in [0.29, 0.717) is 0 Å². The van der Waals surface area contributed by atoms with E-state index in [9.17, 15) is 0 Å². The topological polar surface area (TPSA) is 78.6 Å². The minimum atomic E-state index is 0. The van der Waals surface area contributed by atoms with Crippen LogP contribution in [-0.2, 0) is 0 Å². The summed E-state index contributed by atoms with van der Waals surface area (Å²) >= 11 is 0. The summed E-state index contributed by atoms with van der Waals surface area (Å²) in [6, 6.07) is 1.83. The fourth-order valence-electron chi connectivity index (χ4n) is 0.215. The molecule has 5 heteroatoms. The van der Waals surface area contributed by atoms with Gasteiger partial charge in [-0.15, -0.1) is 12.4 Å². The van der Waals surface area contributed by atoms with E-state index in [-0.39, 0.29) is 18.2 Å². The predicted molar refractivity (Wildman–Crippen MR) is 43.4 cm³/mol. The highest BCUT2D eigenvalue weighted by Crippen LogP contribution is 1.64. The van der Waals surface area contributed by atoms with Crippen LogP contribution in [0.4, 0.5) is 0 Å². The van der Waals surface area contributed by atoms with Crippen molar-refractivity contribution < 1.29 is 0 Å². The standard InChI is InChI=1S/C3H4N2.C2H6N2.ClH/c1-2-4-5-3-1;1-2(3)4;/h1-3H,(H,4,5);1H3,(H3,3,4);1H. The zero-order valence-corrected chi connectivity index (χ0v) is 6.48. The van der Waals surface area contributed by atoms with Gasteiger partial charge in [0, 0.05) is 12.4 Å². The SMILES string of the molecule is CC(=N)N.Cl.c1cn[nH]c1. The van der Waals surface area contributed by atoms with Gasteiger partial charge in [0.25, 0.3) is 0 Å². The number of halogens is 1. The van der Waals surface area contributed by atoms with E-state index in [1.165, 1.54) is 6.92 Å². The Hall–Kier alpha value is -1.03. The third-order valence-electron chi connectivity index (χ3n) is 0.406. The third kappa shape index (κ3) is 15.8. The number of aromatic amines is 1. The Kier molecular flexibility index (Phi) is 9.35. The van der Waals surface area contributed by atoms with E-state index >= 15 is 0 Å². The smallest absolute Gasteiger partial charge is 0.0873 e. The maximum absolute atomic E-state index is 6.28. The second-order valence-electron chi connectivity index (χ2n) is 1.45. The number of nitrogens with zero attached hydrogens (tertiary/aromatic N) is 1. The molecule has 1 heterocycles. The first-order valence-corrected chi connectivity index (χ1v) is 2.48. The van der Waals surface area contributed by atoms with Gasteiger partial charge in [-0.3, -0.25) is 10.5 Å². The number of hydrogen-bond donors (Lipinski definition) is 3. The summed E-state index contributed by atoms with van der Waals surface area (Å²) in [6.45, 7) is 1.53. The molecule has 1 aromatic heterocycles. The fourth-order valence-corrected chi connectivity index (χ4v) is 0.215. The molecule has 1 aromatic rings. The molecule has 0 amide bonds. The van der Waals surface area contributed by atoms with Gasteiger partial charge in [0.2, 0.25) is 0 Å². The first kappa shape index (κ1) is 11.7. The molecule has 0 atom stereocenters. The number of amidine groups is 1. The van der Waals surface area contributed by atoms with Crippen LogP contribution in [0.5, 0.6) is 0 Å². The Morgan fingerprint density at radius 2 is 2.20 bits per heavy atom. The maximum atomic E-state index is 6.28. The van der Waals surface area contributed by atoms with Crippen LogP contribution in [0.15, 0.2) is 18.5 Å². The Bertz CT molecular complexity index is 127. The van der Waals surface area contributed by atoms with Crippen LogP contribution in [0.25, 0.3) is 0 Å². The number of nitrogens with two attached hydrogens (primary N) is 1. The van der Waals surface area contributed by atoms with E-state index in [4.69, 9.17) is 11.1 Å². The van der Waals surface area contributed by atoms with Crippen molar-refractivity contribution in [1.29, 1.82) is 5.41 Å². The largest absolute Gasteiger partial charge is 0.388 e. The molecule has 4 N–H and O–H groups in total. The second-order valence-corrected chi connectivity index (χ2v) is 1.45. The molecule has 0 aliphatic rings. The summed E-state index contributed by atoms with van der Waals surface area (Å²) < 4.78 is 0. The molecular weight excluding hydrogens is 152 g/mol. The van der Waals surface area contributed by atoms with Gasteiger partial charge in [0.15, 0.2) is 0 Å². The Morgan fingerprint density at radius 1 is 1.70 bits per heavy atom. The molecule has 0 aromatic carbocycles. The van der Waals surface area contributed by atoms with Crippen molar-refractivity contribution >= 4 is 18.2 Å². The van der Waals surface area contributed by atoms with E-state index in [1.54, 1.807) is 12.4 Å². The van der Waals surface area contributed by atoms with Gasteiger partial charge in [0.05, 0.1) is 5.84 Å². The quantitative estimate of drug-likeness (QED) is 0.389. The number of hydrogen-bond acceptors (Lipinski definition) is 2. The van der Waals surface area contributed by atoms with E-state index in [0.717, 1.165) is 0 Å². The van der Waals surface area contributed by atoms with Crippen molar-refractivity contribution in [3.63, 3.8) is 0 Å². The van der Waals surface area contributed by atoms with Gasteiger partial charge in [-0.25, -0.2) is 0 Å². The van der Waals surface area contributed by atoms with Crippen LogP contribution in [-0.4, -0.2) is 16.0 Å². The van der Waals surface area contributed by atoms with Crippen molar-refractivity contribution in [3.8, 4) is 0 Å². The van der Waals surface area contributed by atoms with Crippen molar-refractivity contribution in [1.82, 2.24) is 10.2 Å². The Labute approximate surface area is 65.7 Å². The summed E-state index contributed by atoms with van der Waals surface area (Å²) in [7, 11) is 0. The number of rotatable bonds is 0. The summed E-state index contributed by atoms with van der Waals surface area (Å²) in [6.07, 6.45) is 3.46. The summed E-state index contributed by atoms with van der Waals surface area (Å²) in [5.74, 6) is 0.167. The number of nitrogens with one attached hydrogen (secondary N) is 2. The lowest BCUT2D eigenvalue weighted by Crippen LogP contribution is -2.00. The molecule has 0 fully saturated rings.